The summed E-state index contributed by atoms with van der Waals surface area (Å²) >= 11 is 0. The van der Waals surface area contributed by atoms with Gasteiger partial charge in [-0.05, 0) is 30.7 Å². The van der Waals surface area contributed by atoms with Crippen molar-refractivity contribution in [1.82, 2.24) is 0 Å². The van der Waals surface area contributed by atoms with E-state index in [9.17, 15) is 5.11 Å². The summed E-state index contributed by atoms with van der Waals surface area (Å²) in [6.07, 6.45) is 2.13. The van der Waals surface area contributed by atoms with Crippen LogP contribution in [-0.2, 0) is 6.42 Å². The van der Waals surface area contributed by atoms with Crippen molar-refractivity contribution in [3.05, 3.63) is 35.4 Å². The molecule has 1 nitrogen and oxygen atoms in total. The van der Waals surface area contributed by atoms with E-state index in [1.165, 1.54) is 11.1 Å². The molecule has 0 saturated carbocycles. The molecule has 2 unspecified atom stereocenters. The summed E-state index contributed by atoms with van der Waals surface area (Å²) in [5, 5.41) is 9.36. The van der Waals surface area contributed by atoms with Crippen LogP contribution in [0.3, 0.4) is 0 Å². The minimum absolute atomic E-state index is 0.295. The zero-order valence-corrected chi connectivity index (χ0v) is 10.0. The summed E-state index contributed by atoms with van der Waals surface area (Å²) in [6, 6.07) is 8.57. The number of benzene rings is 1. The molecule has 0 heterocycles. The molecule has 0 bridgehead atoms. The van der Waals surface area contributed by atoms with Gasteiger partial charge in [-0.2, -0.15) is 0 Å². The molecule has 0 aliphatic carbocycles. The first kappa shape index (κ1) is 12.3. The molecule has 1 rings (SSSR count). The van der Waals surface area contributed by atoms with Crippen molar-refractivity contribution in [3.8, 4) is 0 Å². The summed E-state index contributed by atoms with van der Waals surface area (Å²) in [7, 11) is 0. The van der Waals surface area contributed by atoms with Crippen LogP contribution < -0.4 is 0 Å². The summed E-state index contributed by atoms with van der Waals surface area (Å²) in [5.41, 5.74) is 2.64. The van der Waals surface area contributed by atoms with Crippen molar-refractivity contribution >= 4 is 0 Å². The van der Waals surface area contributed by atoms with E-state index in [0.29, 0.717) is 18.4 Å². The van der Waals surface area contributed by atoms with Crippen molar-refractivity contribution in [1.29, 1.82) is 0 Å². The van der Waals surface area contributed by atoms with Gasteiger partial charge in [0.15, 0.2) is 0 Å². The van der Waals surface area contributed by atoms with E-state index in [1.54, 1.807) is 0 Å². The molecule has 1 aromatic carbocycles. The number of aryl methyl sites for hydroxylation is 1. The number of rotatable bonds is 5. The van der Waals surface area contributed by atoms with E-state index in [2.05, 4.69) is 45.0 Å². The fourth-order valence-electron chi connectivity index (χ4n) is 1.92. The third-order valence-corrected chi connectivity index (χ3v) is 3.26. The van der Waals surface area contributed by atoms with Crippen LogP contribution in [0, 0.1) is 18.8 Å². The van der Waals surface area contributed by atoms with Crippen molar-refractivity contribution in [2.45, 2.75) is 33.6 Å². The first-order chi connectivity index (χ1) is 7.17. The van der Waals surface area contributed by atoms with Gasteiger partial charge in [0.05, 0.1) is 0 Å². The third kappa shape index (κ3) is 3.67. The molecule has 84 valence electrons. The second kappa shape index (κ2) is 5.92. The maximum atomic E-state index is 9.36. The van der Waals surface area contributed by atoms with E-state index < -0.39 is 0 Å². The van der Waals surface area contributed by atoms with Gasteiger partial charge in [0.25, 0.3) is 0 Å². The lowest BCUT2D eigenvalue weighted by Crippen LogP contribution is -2.18. The van der Waals surface area contributed by atoms with Crippen LogP contribution in [-0.4, -0.2) is 11.7 Å². The predicted molar refractivity (Wildman–Crippen MR) is 64.9 cm³/mol. The molecule has 0 radical (unpaired) electrons. The lowest BCUT2D eigenvalue weighted by molar-refractivity contribution is 0.179. The van der Waals surface area contributed by atoms with Crippen LogP contribution in [0.1, 0.15) is 31.4 Å². The van der Waals surface area contributed by atoms with Crippen molar-refractivity contribution in [2.24, 2.45) is 11.8 Å². The van der Waals surface area contributed by atoms with Crippen molar-refractivity contribution < 1.29 is 5.11 Å². The summed E-state index contributed by atoms with van der Waals surface area (Å²) in [5.74, 6) is 0.993. The van der Waals surface area contributed by atoms with Crippen LogP contribution in [0.25, 0.3) is 0 Å². The quantitative estimate of drug-likeness (QED) is 0.784. The van der Waals surface area contributed by atoms with Gasteiger partial charge in [-0.1, -0.05) is 50.1 Å². The molecule has 1 aromatic rings. The van der Waals surface area contributed by atoms with Crippen LogP contribution in [0.5, 0.6) is 0 Å². The normalized spacial score (nSPS) is 14.9. The highest BCUT2D eigenvalue weighted by molar-refractivity contribution is 5.22. The Morgan fingerprint density at radius 3 is 2.60 bits per heavy atom. The molecule has 0 saturated heterocycles. The Labute approximate surface area is 93.1 Å². The summed E-state index contributed by atoms with van der Waals surface area (Å²) in [6.45, 7) is 6.81. The van der Waals surface area contributed by atoms with E-state index in [1.807, 2.05) is 0 Å². The number of hydrogen-bond acceptors (Lipinski definition) is 1. The van der Waals surface area contributed by atoms with Crippen LogP contribution in [0.4, 0.5) is 0 Å². The standard InChI is InChI=1S/C14H22O/c1-4-12(3)14(10-15)9-13-7-5-6-11(2)8-13/h5-8,12,14-15H,4,9-10H2,1-3H3. The maximum absolute atomic E-state index is 9.36. The molecule has 1 heteroatoms. The summed E-state index contributed by atoms with van der Waals surface area (Å²) < 4.78 is 0. The molecule has 0 aliphatic heterocycles. The highest BCUT2D eigenvalue weighted by Gasteiger charge is 2.15. The Kier molecular flexibility index (Phi) is 4.83. The zero-order valence-electron chi connectivity index (χ0n) is 10.0. The first-order valence-corrected chi connectivity index (χ1v) is 5.83. The first-order valence-electron chi connectivity index (χ1n) is 5.83. The van der Waals surface area contributed by atoms with Crippen LogP contribution >= 0.6 is 0 Å². The predicted octanol–water partition coefficient (Wildman–Crippen LogP) is 3.19. The Bertz CT molecular complexity index is 293. The fraction of sp³-hybridized carbons (Fsp3) is 0.571. The highest BCUT2D eigenvalue weighted by atomic mass is 16.3. The van der Waals surface area contributed by atoms with Crippen molar-refractivity contribution in [2.75, 3.05) is 6.61 Å². The number of hydrogen-bond donors (Lipinski definition) is 1. The minimum Gasteiger partial charge on any atom is -0.396 e. The monoisotopic (exact) mass is 206 g/mol. The Morgan fingerprint density at radius 1 is 1.33 bits per heavy atom. The SMILES string of the molecule is CCC(C)C(CO)Cc1cccc(C)c1. The van der Waals surface area contributed by atoms with Gasteiger partial charge < -0.3 is 5.11 Å². The van der Waals surface area contributed by atoms with Gasteiger partial charge >= 0.3 is 0 Å². The van der Waals surface area contributed by atoms with E-state index in [4.69, 9.17) is 0 Å². The lowest BCUT2D eigenvalue weighted by atomic mass is 9.87. The molecule has 1 N–H and O–H groups in total. The Hall–Kier alpha value is -0.820. The molecule has 0 aromatic heterocycles. The average molecular weight is 206 g/mol. The van der Waals surface area contributed by atoms with E-state index >= 15 is 0 Å². The molecule has 0 fully saturated rings. The van der Waals surface area contributed by atoms with E-state index in [0.717, 1.165) is 12.8 Å². The Balaban J connectivity index is 2.66. The smallest absolute Gasteiger partial charge is 0.0464 e. The fourth-order valence-corrected chi connectivity index (χ4v) is 1.92. The number of aliphatic hydroxyl groups is 1. The van der Waals surface area contributed by atoms with Gasteiger partial charge in [0, 0.05) is 6.61 Å². The average Bonchev–Trinajstić information content (AvgIpc) is 2.25. The highest BCUT2D eigenvalue weighted by Crippen LogP contribution is 2.20. The molecule has 0 spiro atoms. The molecule has 15 heavy (non-hydrogen) atoms. The van der Waals surface area contributed by atoms with Crippen LogP contribution in [0.2, 0.25) is 0 Å². The van der Waals surface area contributed by atoms with Gasteiger partial charge in [0.1, 0.15) is 0 Å². The van der Waals surface area contributed by atoms with Crippen molar-refractivity contribution in [3.63, 3.8) is 0 Å². The Morgan fingerprint density at radius 2 is 2.07 bits per heavy atom. The maximum Gasteiger partial charge on any atom is 0.0464 e. The largest absolute Gasteiger partial charge is 0.396 e. The second-order valence-electron chi connectivity index (χ2n) is 4.52. The summed E-state index contributed by atoms with van der Waals surface area (Å²) in [4.78, 5) is 0. The molecular formula is C14H22O. The van der Waals surface area contributed by atoms with Gasteiger partial charge in [-0.3, -0.25) is 0 Å². The van der Waals surface area contributed by atoms with Gasteiger partial charge in [-0.25, -0.2) is 0 Å². The van der Waals surface area contributed by atoms with Gasteiger partial charge in [-0.15, -0.1) is 0 Å². The number of aliphatic hydroxyl groups excluding tert-OH is 1. The molecule has 2 atom stereocenters. The zero-order chi connectivity index (χ0) is 11.3. The molecule has 0 aliphatic rings. The molecular weight excluding hydrogens is 184 g/mol. The minimum atomic E-state index is 0.295. The molecule has 0 amide bonds. The van der Waals surface area contributed by atoms with E-state index in [-0.39, 0.29) is 0 Å². The third-order valence-electron chi connectivity index (χ3n) is 3.26. The second-order valence-corrected chi connectivity index (χ2v) is 4.52. The van der Waals surface area contributed by atoms with Crippen LogP contribution in [0.15, 0.2) is 24.3 Å². The van der Waals surface area contributed by atoms with Gasteiger partial charge in [0.2, 0.25) is 0 Å². The lowest BCUT2D eigenvalue weighted by Gasteiger charge is -2.20. The topological polar surface area (TPSA) is 20.2 Å².